The van der Waals surface area contributed by atoms with Gasteiger partial charge in [-0.25, -0.2) is 4.79 Å². The molecule has 0 saturated carbocycles. The molecule has 224 valence electrons. The van der Waals surface area contributed by atoms with Crippen molar-refractivity contribution >= 4 is 23.0 Å². The molecule has 3 aromatic rings. The normalized spacial score (nSPS) is 17.1. The fourth-order valence-corrected chi connectivity index (χ4v) is 5.68. The highest BCUT2D eigenvalue weighted by Gasteiger charge is 2.25. The van der Waals surface area contributed by atoms with Gasteiger partial charge in [0, 0.05) is 51.4 Å². The molecular weight excluding hydrogens is 549 g/mol. The number of carboxylic acids is 1. The Morgan fingerprint density at radius 1 is 1.09 bits per heavy atom. The van der Waals surface area contributed by atoms with Gasteiger partial charge in [-0.05, 0) is 83.9 Å². The van der Waals surface area contributed by atoms with Crippen LogP contribution in [-0.4, -0.2) is 78.7 Å². The van der Waals surface area contributed by atoms with Crippen LogP contribution in [0.25, 0.3) is 11.1 Å². The summed E-state index contributed by atoms with van der Waals surface area (Å²) in [6, 6.07) is 16.3. The van der Waals surface area contributed by atoms with Crippen LogP contribution in [0.2, 0.25) is 0 Å². The average Bonchev–Trinajstić information content (AvgIpc) is 3.35. The number of rotatable bonds is 9. The fraction of sp³-hybridized carbons (Fsp3) is 0.324. The second-order valence-electron chi connectivity index (χ2n) is 11.0. The molecule has 1 aromatic heterocycles. The van der Waals surface area contributed by atoms with Gasteiger partial charge in [-0.2, -0.15) is 9.37 Å². The number of likely N-dealkylation sites (tertiary alicyclic amines) is 1. The molecule has 0 unspecified atom stereocenters. The summed E-state index contributed by atoms with van der Waals surface area (Å²) in [4.78, 5) is 31.3. The van der Waals surface area contributed by atoms with E-state index in [0.29, 0.717) is 24.9 Å². The van der Waals surface area contributed by atoms with Crippen molar-refractivity contribution in [2.75, 3.05) is 40.8 Å². The number of carbonyl (C=O) groups excluding carboxylic acids is 1. The van der Waals surface area contributed by atoms with Crippen LogP contribution >= 0.6 is 0 Å². The van der Waals surface area contributed by atoms with Crippen molar-refractivity contribution in [3.63, 3.8) is 0 Å². The summed E-state index contributed by atoms with van der Waals surface area (Å²) in [5, 5.41) is 9.59. The number of hydrogen-bond acceptors (Lipinski definition) is 6. The van der Waals surface area contributed by atoms with E-state index in [1.165, 1.54) is 7.11 Å². The summed E-state index contributed by atoms with van der Waals surface area (Å²) >= 11 is 0. The summed E-state index contributed by atoms with van der Waals surface area (Å²) in [6.45, 7) is 2.34. The lowest BCUT2D eigenvalue weighted by molar-refractivity contribution is -0.123. The average molecular weight is 586 g/mol. The smallest absolute Gasteiger partial charge is 0.335 e. The number of aromatic nitrogens is 1. The van der Waals surface area contributed by atoms with Gasteiger partial charge >= 0.3 is 5.97 Å². The molecule has 43 heavy (non-hydrogen) atoms. The molecular formula is C34H36FN3O5. The minimum atomic E-state index is -0.978. The van der Waals surface area contributed by atoms with Gasteiger partial charge in [0.2, 0.25) is 17.7 Å². The molecule has 1 aliphatic heterocycles. The van der Waals surface area contributed by atoms with Gasteiger partial charge < -0.3 is 19.5 Å². The van der Waals surface area contributed by atoms with Gasteiger partial charge in [-0.3, -0.25) is 9.69 Å². The van der Waals surface area contributed by atoms with Crippen LogP contribution in [0.5, 0.6) is 11.6 Å². The topological polar surface area (TPSA) is 92.2 Å². The number of carboxylic acid groups (broad SMARTS) is 1. The predicted molar refractivity (Wildman–Crippen MR) is 163 cm³/mol. The van der Waals surface area contributed by atoms with E-state index in [-0.39, 0.29) is 23.5 Å². The van der Waals surface area contributed by atoms with Gasteiger partial charge in [0.1, 0.15) is 11.9 Å². The first kappa shape index (κ1) is 30.0. The van der Waals surface area contributed by atoms with Gasteiger partial charge in [-0.15, -0.1) is 0 Å². The van der Waals surface area contributed by atoms with Gasteiger partial charge in [0.05, 0.1) is 12.7 Å². The third-order valence-corrected chi connectivity index (χ3v) is 7.89. The Kier molecular flexibility index (Phi) is 9.21. The van der Waals surface area contributed by atoms with Crippen LogP contribution in [0.15, 0.2) is 66.7 Å². The maximum atomic E-state index is 15.3. The number of amides is 1. The van der Waals surface area contributed by atoms with Crippen LogP contribution in [0.4, 0.5) is 4.39 Å². The maximum Gasteiger partial charge on any atom is 0.335 e. The molecule has 1 aliphatic carbocycles. The number of fused-ring (bicyclic) bond motifs is 1. The van der Waals surface area contributed by atoms with E-state index in [0.717, 1.165) is 59.5 Å². The number of benzene rings is 2. The lowest BCUT2D eigenvalue weighted by Gasteiger charge is -2.19. The Labute approximate surface area is 251 Å². The number of likely N-dealkylation sites (N-methyl/N-ethyl adjacent to an activating group) is 1. The Hall–Kier alpha value is -4.50. The number of allylic oxidation sites excluding steroid dienone is 1. The number of halogens is 1. The highest BCUT2D eigenvalue weighted by atomic mass is 19.1. The number of pyridine rings is 1. The molecule has 0 radical (unpaired) electrons. The van der Waals surface area contributed by atoms with Crippen LogP contribution in [0.1, 0.15) is 51.9 Å². The molecule has 1 amide bonds. The first-order valence-corrected chi connectivity index (χ1v) is 14.4. The van der Waals surface area contributed by atoms with Gasteiger partial charge in [0.25, 0.3) is 0 Å². The molecule has 8 nitrogen and oxygen atoms in total. The van der Waals surface area contributed by atoms with E-state index in [1.807, 2.05) is 36.4 Å². The molecule has 9 heteroatoms. The molecule has 1 fully saturated rings. The number of aryl methyl sites for hydroxylation is 1. The first-order valence-electron chi connectivity index (χ1n) is 14.4. The minimum Gasteiger partial charge on any atom is -0.489 e. The predicted octanol–water partition coefficient (Wildman–Crippen LogP) is 5.32. The van der Waals surface area contributed by atoms with E-state index < -0.39 is 11.9 Å². The number of ether oxygens (including phenoxy) is 2. The molecule has 0 spiro atoms. The lowest BCUT2D eigenvalue weighted by atomic mass is 9.87. The molecule has 2 aliphatic rings. The Balaban J connectivity index is 1.42. The number of hydrogen-bond donors (Lipinski definition) is 1. The molecule has 1 N–H and O–H groups in total. The molecule has 1 atom stereocenters. The molecule has 1 saturated heterocycles. The van der Waals surface area contributed by atoms with Crippen LogP contribution in [-0.2, 0) is 11.2 Å². The van der Waals surface area contributed by atoms with Crippen molar-refractivity contribution in [2.24, 2.45) is 0 Å². The summed E-state index contributed by atoms with van der Waals surface area (Å²) in [5.74, 6) is -0.677. The number of nitrogens with zero attached hydrogens (tertiary/aromatic N) is 3. The standard InChI is InChI=1S/C34H36FN3O5/c1-37(2)31(39)8-5-18-38-19-17-26(21-38)43-25-12-9-22(10-13-25)32-27-14-11-24(34(40)41)20-23(27)6-4-7-28(32)29-15-16-30(42-3)36-33(29)35/h5,8-16,20,26H,4,6-7,17-19,21H2,1-3H3,(H,40,41)/t26-/m0/s1. The van der Waals surface area contributed by atoms with Crippen molar-refractivity contribution in [2.45, 2.75) is 31.8 Å². The summed E-state index contributed by atoms with van der Waals surface area (Å²) in [6.07, 6.45) is 6.40. The molecule has 0 bridgehead atoms. The van der Waals surface area contributed by atoms with Crippen molar-refractivity contribution in [3.05, 3.63) is 101 Å². The van der Waals surface area contributed by atoms with Gasteiger partial charge in [0.15, 0.2) is 0 Å². The summed E-state index contributed by atoms with van der Waals surface area (Å²) < 4.78 is 26.7. The number of methoxy groups -OCH3 is 1. The lowest BCUT2D eigenvalue weighted by Crippen LogP contribution is -2.25. The van der Waals surface area contributed by atoms with Crippen LogP contribution in [0, 0.1) is 5.95 Å². The Morgan fingerprint density at radius 2 is 1.86 bits per heavy atom. The minimum absolute atomic E-state index is 0.0324. The zero-order valence-electron chi connectivity index (χ0n) is 24.7. The summed E-state index contributed by atoms with van der Waals surface area (Å²) in [7, 11) is 4.91. The zero-order valence-corrected chi connectivity index (χ0v) is 24.7. The largest absolute Gasteiger partial charge is 0.489 e. The third kappa shape index (κ3) is 6.94. The van der Waals surface area contributed by atoms with E-state index in [9.17, 15) is 14.7 Å². The second-order valence-corrected chi connectivity index (χ2v) is 11.0. The first-order chi connectivity index (χ1) is 20.7. The Morgan fingerprint density at radius 3 is 2.56 bits per heavy atom. The van der Waals surface area contributed by atoms with Gasteiger partial charge in [-0.1, -0.05) is 24.3 Å². The zero-order chi connectivity index (χ0) is 30.5. The van der Waals surface area contributed by atoms with E-state index in [4.69, 9.17) is 9.47 Å². The van der Waals surface area contributed by atoms with Crippen molar-refractivity contribution in [1.82, 2.24) is 14.8 Å². The molecule has 2 heterocycles. The monoisotopic (exact) mass is 585 g/mol. The highest BCUT2D eigenvalue weighted by Crippen LogP contribution is 2.41. The van der Waals surface area contributed by atoms with E-state index in [1.54, 1.807) is 49.3 Å². The Bertz CT molecular complexity index is 1560. The fourth-order valence-electron chi connectivity index (χ4n) is 5.68. The van der Waals surface area contributed by atoms with Crippen molar-refractivity contribution in [3.8, 4) is 11.6 Å². The maximum absolute atomic E-state index is 15.3. The summed E-state index contributed by atoms with van der Waals surface area (Å²) in [5.41, 5.74) is 4.98. The van der Waals surface area contributed by atoms with Crippen LogP contribution in [0.3, 0.4) is 0 Å². The number of carbonyl (C=O) groups is 2. The van der Waals surface area contributed by atoms with E-state index in [2.05, 4.69) is 9.88 Å². The molecule has 2 aromatic carbocycles. The SMILES string of the molecule is COc1ccc(C2=C(c3ccc(O[C@H]4CCN(CC=CC(=O)N(C)C)C4)cc3)c3ccc(C(=O)O)cc3CCC2)c(F)n1. The molecule has 5 rings (SSSR count). The van der Waals surface area contributed by atoms with Crippen molar-refractivity contribution < 1.29 is 28.6 Å². The quantitative estimate of drug-likeness (QED) is 0.268. The van der Waals surface area contributed by atoms with E-state index >= 15 is 4.39 Å². The van der Waals surface area contributed by atoms with Crippen LogP contribution < -0.4 is 9.47 Å². The third-order valence-electron chi connectivity index (χ3n) is 7.89. The van der Waals surface area contributed by atoms with Crippen molar-refractivity contribution in [1.29, 1.82) is 0 Å². The second kappa shape index (κ2) is 13.2. The highest BCUT2D eigenvalue weighted by molar-refractivity contribution is 6.00. The number of aromatic carboxylic acids is 1.